The minimum absolute atomic E-state index is 0.149. The first-order valence-electron chi connectivity index (χ1n) is 7.28. The van der Waals surface area contributed by atoms with Crippen molar-refractivity contribution >= 4 is 0 Å². The maximum absolute atomic E-state index is 13.1. The van der Waals surface area contributed by atoms with Crippen molar-refractivity contribution in [3.63, 3.8) is 0 Å². The summed E-state index contributed by atoms with van der Waals surface area (Å²) in [6, 6.07) is 7.48. The van der Waals surface area contributed by atoms with Gasteiger partial charge in [-0.3, -0.25) is 0 Å². The average Bonchev–Trinajstić information content (AvgIpc) is 2.41. The summed E-state index contributed by atoms with van der Waals surface area (Å²) in [4.78, 5) is 2.46. The molecule has 19 heavy (non-hydrogen) atoms. The van der Waals surface area contributed by atoms with Crippen molar-refractivity contribution in [2.24, 2.45) is 5.92 Å². The highest BCUT2D eigenvalue weighted by atomic mass is 19.1. The molecule has 0 bridgehead atoms. The van der Waals surface area contributed by atoms with Crippen LogP contribution in [-0.4, -0.2) is 35.7 Å². The lowest BCUT2D eigenvalue weighted by molar-refractivity contribution is 0.0820. The van der Waals surface area contributed by atoms with Crippen LogP contribution < -0.4 is 0 Å². The number of aliphatic hydroxyl groups excluding tert-OH is 1. The highest BCUT2D eigenvalue weighted by Gasteiger charge is 2.24. The highest BCUT2D eigenvalue weighted by Crippen LogP contribution is 2.21. The Balaban J connectivity index is 1.78. The molecular weight excluding hydrogens is 241 g/mol. The Kier molecular flexibility index (Phi) is 5.34. The van der Waals surface area contributed by atoms with E-state index in [-0.39, 0.29) is 5.82 Å². The van der Waals surface area contributed by atoms with E-state index < -0.39 is 0 Å². The second kappa shape index (κ2) is 7.01. The molecule has 0 aromatic heterocycles. The lowest BCUT2D eigenvalue weighted by Gasteiger charge is -2.37. The topological polar surface area (TPSA) is 23.5 Å². The van der Waals surface area contributed by atoms with Gasteiger partial charge in [-0.1, -0.05) is 12.1 Å². The number of benzene rings is 1. The molecule has 2 unspecified atom stereocenters. The summed E-state index contributed by atoms with van der Waals surface area (Å²) in [5.41, 5.74) is 1.07. The normalized spacial score (nSPS) is 24.6. The summed E-state index contributed by atoms with van der Waals surface area (Å²) in [6.07, 6.45) is 4.28. The quantitative estimate of drug-likeness (QED) is 0.885. The summed E-state index contributed by atoms with van der Waals surface area (Å²) >= 11 is 0. The van der Waals surface area contributed by atoms with Crippen LogP contribution in [0.4, 0.5) is 4.39 Å². The van der Waals surface area contributed by atoms with Crippen LogP contribution in [0.3, 0.4) is 0 Å². The van der Waals surface area contributed by atoms with Gasteiger partial charge < -0.3 is 10.0 Å². The maximum Gasteiger partial charge on any atom is 0.123 e. The molecule has 1 aromatic carbocycles. The zero-order valence-corrected chi connectivity index (χ0v) is 11.7. The smallest absolute Gasteiger partial charge is 0.123 e. The third-order valence-electron chi connectivity index (χ3n) is 4.17. The van der Waals surface area contributed by atoms with Gasteiger partial charge in [-0.15, -0.1) is 0 Å². The number of hydrogen-bond donors (Lipinski definition) is 1. The predicted octanol–water partition coefficient (Wildman–Crippen LogP) is 2.85. The first-order valence-corrected chi connectivity index (χ1v) is 7.28. The lowest BCUT2D eigenvalue weighted by Crippen LogP contribution is -2.43. The Morgan fingerprint density at radius 2 is 2.21 bits per heavy atom. The number of piperidine rings is 1. The van der Waals surface area contributed by atoms with Crippen molar-refractivity contribution in [3.8, 4) is 0 Å². The summed E-state index contributed by atoms with van der Waals surface area (Å²) in [6.45, 7) is 4.60. The summed E-state index contributed by atoms with van der Waals surface area (Å²) in [5.74, 6) is 0.287. The molecule has 1 aliphatic heterocycles. The molecule has 1 fully saturated rings. The van der Waals surface area contributed by atoms with E-state index in [2.05, 4.69) is 11.8 Å². The summed E-state index contributed by atoms with van der Waals surface area (Å²) in [7, 11) is 0. The zero-order valence-electron chi connectivity index (χ0n) is 11.7. The third-order valence-corrected chi connectivity index (χ3v) is 4.17. The molecule has 106 valence electrons. The first kappa shape index (κ1) is 14.5. The molecule has 1 aromatic rings. The third kappa shape index (κ3) is 4.29. The average molecular weight is 265 g/mol. The van der Waals surface area contributed by atoms with Crippen LogP contribution in [0.2, 0.25) is 0 Å². The zero-order chi connectivity index (χ0) is 13.7. The van der Waals surface area contributed by atoms with E-state index in [4.69, 9.17) is 0 Å². The van der Waals surface area contributed by atoms with Crippen LogP contribution in [-0.2, 0) is 6.42 Å². The first-order chi connectivity index (χ1) is 9.19. The van der Waals surface area contributed by atoms with Crippen LogP contribution in [0, 0.1) is 11.7 Å². The molecule has 0 spiro atoms. The van der Waals surface area contributed by atoms with Crippen LogP contribution >= 0.6 is 0 Å². The molecule has 1 heterocycles. The van der Waals surface area contributed by atoms with Gasteiger partial charge in [-0.25, -0.2) is 4.39 Å². The van der Waals surface area contributed by atoms with E-state index in [0.717, 1.165) is 37.9 Å². The van der Waals surface area contributed by atoms with E-state index in [1.54, 1.807) is 12.1 Å². The predicted molar refractivity (Wildman–Crippen MR) is 75.6 cm³/mol. The number of likely N-dealkylation sites (tertiary alicyclic amines) is 1. The molecule has 2 nitrogen and oxygen atoms in total. The summed E-state index contributed by atoms with van der Waals surface area (Å²) in [5, 5.41) is 9.26. The van der Waals surface area contributed by atoms with E-state index in [9.17, 15) is 9.50 Å². The van der Waals surface area contributed by atoms with Gasteiger partial charge in [-0.2, -0.15) is 0 Å². The Bertz CT molecular complexity index is 396. The van der Waals surface area contributed by atoms with E-state index in [1.807, 2.05) is 6.07 Å². The number of nitrogens with zero attached hydrogens (tertiary/aromatic N) is 1. The summed E-state index contributed by atoms with van der Waals surface area (Å²) < 4.78 is 13.1. The molecule has 2 rings (SSSR count). The number of aliphatic hydroxyl groups is 1. The van der Waals surface area contributed by atoms with E-state index in [1.165, 1.54) is 12.5 Å². The standard InChI is InChI=1S/C16H24FNO/c1-13-7-8-15(12-19)11-18(13)9-3-5-14-4-2-6-16(17)10-14/h2,4,6,10,13,15,19H,3,5,7-9,11-12H2,1H3. The molecule has 2 atom stereocenters. The Hall–Kier alpha value is -0.930. The van der Waals surface area contributed by atoms with E-state index >= 15 is 0 Å². The number of halogens is 1. The minimum atomic E-state index is -0.149. The SMILES string of the molecule is CC1CCC(CO)CN1CCCc1cccc(F)c1. The minimum Gasteiger partial charge on any atom is -0.396 e. The van der Waals surface area contributed by atoms with Crippen molar-refractivity contribution in [2.45, 2.75) is 38.6 Å². The van der Waals surface area contributed by atoms with E-state index in [0.29, 0.717) is 18.6 Å². The van der Waals surface area contributed by atoms with Crippen LogP contribution in [0.1, 0.15) is 31.7 Å². The van der Waals surface area contributed by atoms with Crippen molar-refractivity contribution in [3.05, 3.63) is 35.6 Å². The Morgan fingerprint density at radius 3 is 2.95 bits per heavy atom. The van der Waals surface area contributed by atoms with Crippen LogP contribution in [0.15, 0.2) is 24.3 Å². The van der Waals surface area contributed by atoms with Crippen molar-refractivity contribution < 1.29 is 9.50 Å². The van der Waals surface area contributed by atoms with Crippen LogP contribution in [0.5, 0.6) is 0 Å². The van der Waals surface area contributed by atoms with Crippen LogP contribution in [0.25, 0.3) is 0 Å². The fourth-order valence-corrected chi connectivity index (χ4v) is 2.90. The van der Waals surface area contributed by atoms with Gasteiger partial charge in [0, 0.05) is 19.2 Å². The second-order valence-corrected chi connectivity index (χ2v) is 5.70. The van der Waals surface area contributed by atoms with Crippen molar-refractivity contribution in [1.82, 2.24) is 4.90 Å². The van der Waals surface area contributed by atoms with Gasteiger partial charge in [0.25, 0.3) is 0 Å². The number of hydrogen-bond acceptors (Lipinski definition) is 2. The lowest BCUT2D eigenvalue weighted by atomic mass is 9.94. The molecule has 3 heteroatoms. The molecule has 0 saturated carbocycles. The van der Waals surface area contributed by atoms with Crippen molar-refractivity contribution in [2.75, 3.05) is 19.7 Å². The Morgan fingerprint density at radius 1 is 1.37 bits per heavy atom. The number of rotatable bonds is 5. The fraction of sp³-hybridized carbons (Fsp3) is 0.625. The molecule has 0 aliphatic carbocycles. The molecule has 1 saturated heterocycles. The van der Waals surface area contributed by atoms with Gasteiger partial charge in [0.05, 0.1) is 0 Å². The Labute approximate surface area is 115 Å². The highest BCUT2D eigenvalue weighted by molar-refractivity contribution is 5.16. The molecule has 1 aliphatic rings. The largest absolute Gasteiger partial charge is 0.396 e. The fourth-order valence-electron chi connectivity index (χ4n) is 2.90. The maximum atomic E-state index is 13.1. The monoisotopic (exact) mass is 265 g/mol. The molecular formula is C16H24FNO. The molecule has 0 amide bonds. The van der Waals surface area contributed by atoms with Crippen molar-refractivity contribution in [1.29, 1.82) is 0 Å². The number of aryl methyl sites for hydroxylation is 1. The van der Waals surface area contributed by atoms with Gasteiger partial charge >= 0.3 is 0 Å². The van der Waals surface area contributed by atoms with Gasteiger partial charge in [0.2, 0.25) is 0 Å². The molecule has 0 radical (unpaired) electrons. The van der Waals surface area contributed by atoms with Gasteiger partial charge in [0.1, 0.15) is 5.82 Å². The van der Waals surface area contributed by atoms with Gasteiger partial charge in [0.15, 0.2) is 0 Å². The molecule has 1 N–H and O–H groups in total. The second-order valence-electron chi connectivity index (χ2n) is 5.70. The van der Waals surface area contributed by atoms with Gasteiger partial charge in [-0.05, 0) is 62.8 Å².